The molecule has 2 aromatic carbocycles. The van der Waals surface area contributed by atoms with Crippen molar-refractivity contribution >= 4 is 21.6 Å². The molecule has 212 valence electrons. The van der Waals surface area contributed by atoms with E-state index in [1.807, 2.05) is 75.1 Å². The minimum atomic E-state index is -3.41. The van der Waals surface area contributed by atoms with E-state index in [1.165, 1.54) is 0 Å². The van der Waals surface area contributed by atoms with Crippen molar-refractivity contribution in [3.05, 3.63) is 89.7 Å². The van der Waals surface area contributed by atoms with Crippen LogP contribution >= 0.6 is 0 Å². The molecule has 0 spiro atoms. The molecule has 1 aliphatic rings. The summed E-state index contributed by atoms with van der Waals surface area (Å²) in [6.45, 7) is 16.0. The zero-order valence-electron chi connectivity index (χ0n) is 23.7. The zero-order valence-corrected chi connectivity index (χ0v) is 24.5. The minimum absolute atomic E-state index is 0.00761. The fourth-order valence-electron chi connectivity index (χ4n) is 5.25. The molecule has 39 heavy (non-hydrogen) atoms. The molecule has 1 amide bonds. The first-order chi connectivity index (χ1) is 18.4. The molecule has 0 bridgehead atoms. The molecule has 2 N–H and O–H groups in total. The normalized spacial score (nSPS) is 16.1. The third-order valence-corrected chi connectivity index (χ3v) is 7.44. The fourth-order valence-corrected chi connectivity index (χ4v) is 5.80. The lowest BCUT2D eigenvalue weighted by atomic mass is 9.94. The molecule has 0 aromatic heterocycles. The van der Waals surface area contributed by atoms with Crippen LogP contribution in [0, 0.1) is 0 Å². The number of sulfonamides is 1. The summed E-state index contributed by atoms with van der Waals surface area (Å²) in [4.78, 5) is 19.8. The first-order valence-corrected chi connectivity index (χ1v) is 15.2. The second kappa shape index (κ2) is 13.3. The first-order valence-electron chi connectivity index (χ1n) is 13.3. The van der Waals surface area contributed by atoms with Crippen LogP contribution in [0.4, 0.5) is 5.69 Å². The van der Waals surface area contributed by atoms with Crippen molar-refractivity contribution in [2.45, 2.75) is 45.8 Å². The van der Waals surface area contributed by atoms with Gasteiger partial charge in [-0.25, -0.2) is 8.42 Å². The van der Waals surface area contributed by atoms with Gasteiger partial charge in [0.2, 0.25) is 10.0 Å². The summed E-state index contributed by atoms with van der Waals surface area (Å²) < 4.78 is 26.4. The Labute approximate surface area is 233 Å². The van der Waals surface area contributed by atoms with E-state index in [1.54, 1.807) is 12.1 Å². The number of hydrogen-bond donors (Lipinski definition) is 2. The van der Waals surface area contributed by atoms with Crippen molar-refractivity contribution in [2.75, 3.05) is 43.7 Å². The number of piperazine rings is 1. The second-order valence-electron chi connectivity index (χ2n) is 10.7. The van der Waals surface area contributed by atoms with Crippen LogP contribution in [0.5, 0.6) is 0 Å². The van der Waals surface area contributed by atoms with Gasteiger partial charge in [0.15, 0.2) is 0 Å². The largest absolute Gasteiger partial charge is 0.516 e. The van der Waals surface area contributed by atoms with E-state index in [-0.39, 0.29) is 24.0 Å². The van der Waals surface area contributed by atoms with Crippen LogP contribution in [0.2, 0.25) is 0 Å². The molecule has 1 atom stereocenters. The lowest BCUT2D eigenvalue weighted by molar-refractivity contribution is 0.0643. The van der Waals surface area contributed by atoms with Gasteiger partial charge in [-0.1, -0.05) is 30.8 Å². The molecule has 1 heterocycles. The van der Waals surface area contributed by atoms with Crippen LogP contribution < -0.4 is 4.72 Å². The Morgan fingerprint density at radius 3 is 2.18 bits per heavy atom. The molecule has 1 aliphatic heterocycles. The van der Waals surface area contributed by atoms with Gasteiger partial charge in [0.1, 0.15) is 0 Å². The van der Waals surface area contributed by atoms with E-state index < -0.39 is 10.0 Å². The van der Waals surface area contributed by atoms with E-state index in [0.717, 1.165) is 55.4 Å². The molecule has 3 rings (SSSR count). The van der Waals surface area contributed by atoms with Gasteiger partial charge in [0, 0.05) is 56.1 Å². The molecule has 0 aliphatic carbocycles. The quantitative estimate of drug-likeness (QED) is 0.310. The number of nitrogens with zero attached hydrogens (tertiary/aromatic N) is 3. The predicted octanol–water partition coefficient (Wildman–Crippen LogP) is 4.65. The van der Waals surface area contributed by atoms with E-state index in [0.29, 0.717) is 17.8 Å². The molecule has 8 nitrogen and oxygen atoms in total. The van der Waals surface area contributed by atoms with Gasteiger partial charge in [-0.2, -0.15) is 0 Å². The maximum Gasteiger partial charge on any atom is 0.254 e. The number of rotatable bonds is 11. The SMILES string of the molecule is C=C(/C=C\O)CN1CCN(C(c2ccc(C(=O)N(C(C)C)C(C)C)cc2)c2cccc(NS(C)(=O)=O)c2)CC1. The summed E-state index contributed by atoms with van der Waals surface area (Å²) in [5.74, 6) is 0.00761. The topological polar surface area (TPSA) is 93.2 Å². The first kappa shape index (κ1) is 30.4. The number of aliphatic hydroxyl groups is 1. The van der Waals surface area contributed by atoms with E-state index in [4.69, 9.17) is 5.11 Å². The van der Waals surface area contributed by atoms with Crippen molar-refractivity contribution in [3.8, 4) is 0 Å². The molecule has 0 saturated carbocycles. The summed E-state index contributed by atoms with van der Waals surface area (Å²) in [7, 11) is -3.41. The van der Waals surface area contributed by atoms with E-state index in [9.17, 15) is 13.2 Å². The highest BCUT2D eigenvalue weighted by atomic mass is 32.2. The van der Waals surface area contributed by atoms with Crippen molar-refractivity contribution in [1.82, 2.24) is 14.7 Å². The summed E-state index contributed by atoms with van der Waals surface area (Å²) in [5.41, 5.74) is 4.01. The Balaban J connectivity index is 1.92. The van der Waals surface area contributed by atoms with Crippen molar-refractivity contribution in [2.24, 2.45) is 0 Å². The summed E-state index contributed by atoms with van der Waals surface area (Å²) in [6.07, 6.45) is 3.77. The van der Waals surface area contributed by atoms with Crippen molar-refractivity contribution in [3.63, 3.8) is 0 Å². The number of carbonyl (C=O) groups is 1. The van der Waals surface area contributed by atoms with Gasteiger partial charge in [0.05, 0.1) is 18.6 Å². The van der Waals surface area contributed by atoms with Crippen LogP contribution in [0.3, 0.4) is 0 Å². The number of benzene rings is 2. The number of anilines is 1. The standard InChI is InChI=1S/C30H42N4O4S/c1-22(2)34(23(3)4)30(36)26-12-10-25(11-13-26)29(27-8-7-9-28(20-27)31-39(6,37)38)33-17-15-32(16-18-33)21-24(5)14-19-35/h7-14,19-20,22-23,29,31,35H,5,15-18,21H2,1-4,6H3/b19-14-. The lowest BCUT2D eigenvalue weighted by Gasteiger charge is -2.40. The Morgan fingerprint density at radius 1 is 1.03 bits per heavy atom. The highest BCUT2D eigenvalue weighted by molar-refractivity contribution is 7.92. The highest BCUT2D eigenvalue weighted by Crippen LogP contribution is 2.32. The van der Waals surface area contributed by atoms with Crippen LogP contribution in [-0.4, -0.2) is 85.2 Å². The Kier molecular flexibility index (Phi) is 10.4. The lowest BCUT2D eigenvalue weighted by Crippen LogP contribution is -2.48. The van der Waals surface area contributed by atoms with Gasteiger partial charge in [0.25, 0.3) is 5.91 Å². The Bertz CT molecular complexity index is 1260. The molecule has 9 heteroatoms. The molecule has 1 unspecified atom stereocenters. The van der Waals surface area contributed by atoms with Crippen LogP contribution in [0.15, 0.2) is 73.0 Å². The predicted molar refractivity (Wildman–Crippen MR) is 159 cm³/mol. The van der Waals surface area contributed by atoms with Crippen molar-refractivity contribution in [1.29, 1.82) is 0 Å². The van der Waals surface area contributed by atoms with Gasteiger partial charge >= 0.3 is 0 Å². The summed E-state index contributed by atoms with van der Waals surface area (Å²) in [6, 6.07) is 15.4. The molecule has 2 aromatic rings. The van der Waals surface area contributed by atoms with Crippen LogP contribution in [0.25, 0.3) is 0 Å². The zero-order chi connectivity index (χ0) is 28.7. The Morgan fingerprint density at radius 2 is 1.64 bits per heavy atom. The summed E-state index contributed by atoms with van der Waals surface area (Å²) in [5, 5.41) is 9.03. The third-order valence-electron chi connectivity index (χ3n) is 6.84. The van der Waals surface area contributed by atoms with Crippen molar-refractivity contribution < 1.29 is 18.3 Å². The maximum absolute atomic E-state index is 13.2. The number of hydrogen-bond acceptors (Lipinski definition) is 6. The number of carbonyl (C=O) groups excluding carboxylic acids is 1. The van der Waals surface area contributed by atoms with E-state index in [2.05, 4.69) is 21.1 Å². The third kappa shape index (κ3) is 8.42. The van der Waals surface area contributed by atoms with Gasteiger partial charge in [-0.3, -0.25) is 19.3 Å². The monoisotopic (exact) mass is 554 g/mol. The minimum Gasteiger partial charge on any atom is -0.516 e. The number of nitrogens with one attached hydrogen (secondary N) is 1. The van der Waals surface area contributed by atoms with Crippen LogP contribution in [0.1, 0.15) is 55.2 Å². The molecular weight excluding hydrogens is 512 g/mol. The fraction of sp³-hybridized carbons (Fsp3) is 0.433. The van der Waals surface area contributed by atoms with Gasteiger partial charge < -0.3 is 10.0 Å². The highest BCUT2D eigenvalue weighted by Gasteiger charge is 2.28. The maximum atomic E-state index is 13.2. The van der Waals surface area contributed by atoms with E-state index >= 15 is 0 Å². The Hall–Kier alpha value is -3.14. The smallest absolute Gasteiger partial charge is 0.254 e. The van der Waals surface area contributed by atoms with Gasteiger partial charge in [-0.05, 0) is 74.7 Å². The average molecular weight is 555 g/mol. The molecule has 1 fully saturated rings. The average Bonchev–Trinajstić information content (AvgIpc) is 2.84. The molecule has 1 saturated heterocycles. The second-order valence-corrected chi connectivity index (χ2v) is 12.5. The number of amides is 1. The van der Waals surface area contributed by atoms with Gasteiger partial charge in [-0.15, -0.1) is 0 Å². The number of aliphatic hydroxyl groups excluding tert-OH is 1. The summed E-state index contributed by atoms with van der Waals surface area (Å²) >= 11 is 0. The molecular formula is C30H42N4O4S. The van der Waals surface area contributed by atoms with Crippen LogP contribution in [-0.2, 0) is 10.0 Å². The molecule has 0 radical (unpaired) electrons.